The fourth-order valence-electron chi connectivity index (χ4n) is 2.46. The Bertz CT molecular complexity index is 664. The molecule has 0 bridgehead atoms. The van der Waals surface area contributed by atoms with Gasteiger partial charge in [-0.25, -0.2) is 0 Å². The van der Waals surface area contributed by atoms with Crippen molar-refractivity contribution in [3.8, 4) is 0 Å². The highest BCUT2D eigenvalue weighted by atomic mass is 127. The lowest BCUT2D eigenvalue weighted by Crippen LogP contribution is -2.38. The van der Waals surface area contributed by atoms with Gasteiger partial charge in [-0.2, -0.15) is 0 Å². The zero-order valence-electron chi connectivity index (χ0n) is 16.2. The van der Waals surface area contributed by atoms with E-state index in [-0.39, 0.29) is 24.0 Å². The molecule has 9 heteroatoms. The average molecular weight is 490 g/mol. The summed E-state index contributed by atoms with van der Waals surface area (Å²) >= 11 is 0. The summed E-state index contributed by atoms with van der Waals surface area (Å²) in [5, 5.41) is 15.0. The molecular formula is C18H31IN6O2. The van der Waals surface area contributed by atoms with E-state index in [1.165, 1.54) is 0 Å². The molecule has 0 aliphatic heterocycles. The number of nitrogens with one attached hydrogen (secondary N) is 2. The third-order valence-corrected chi connectivity index (χ3v) is 3.75. The van der Waals surface area contributed by atoms with E-state index < -0.39 is 0 Å². The van der Waals surface area contributed by atoms with E-state index in [0.717, 1.165) is 62.9 Å². The van der Waals surface area contributed by atoms with Crippen LogP contribution >= 0.6 is 24.0 Å². The number of hydrogen-bond donors (Lipinski definition) is 2. The molecule has 0 fully saturated rings. The number of ether oxygens (including phenoxy) is 2. The molecular weight excluding hydrogens is 459 g/mol. The summed E-state index contributed by atoms with van der Waals surface area (Å²) < 4.78 is 12.4. The summed E-state index contributed by atoms with van der Waals surface area (Å²) in [5.41, 5.74) is 0.883. The summed E-state index contributed by atoms with van der Waals surface area (Å²) in [4.78, 5) is 4.62. The Morgan fingerprint density at radius 1 is 1.15 bits per heavy atom. The normalized spacial score (nSPS) is 11.4. The van der Waals surface area contributed by atoms with Crippen LogP contribution in [0.25, 0.3) is 5.65 Å². The second-order valence-corrected chi connectivity index (χ2v) is 5.79. The van der Waals surface area contributed by atoms with E-state index in [4.69, 9.17) is 9.47 Å². The lowest BCUT2D eigenvalue weighted by molar-refractivity contribution is 0.0698. The van der Waals surface area contributed by atoms with Gasteiger partial charge in [-0.05, 0) is 31.9 Å². The van der Waals surface area contributed by atoms with Gasteiger partial charge in [0.15, 0.2) is 11.6 Å². The Morgan fingerprint density at radius 2 is 2.04 bits per heavy atom. The van der Waals surface area contributed by atoms with Gasteiger partial charge in [-0.3, -0.25) is 9.39 Å². The molecule has 0 saturated heterocycles. The molecule has 2 N–H and O–H groups in total. The molecule has 0 aromatic carbocycles. The van der Waals surface area contributed by atoms with Gasteiger partial charge >= 0.3 is 0 Å². The van der Waals surface area contributed by atoms with Crippen LogP contribution in [0.5, 0.6) is 0 Å². The van der Waals surface area contributed by atoms with Crippen LogP contribution in [0.2, 0.25) is 0 Å². The number of halogens is 1. The van der Waals surface area contributed by atoms with Crippen molar-refractivity contribution in [2.45, 2.75) is 26.2 Å². The molecule has 2 heterocycles. The Balaban J connectivity index is 0.00000364. The largest absolute Gasteiger partial charge is 0.382 e. The molecule has 0 aliphatic carbocycles. The molecule has 0 radical (unpaired) electrons. The Kier molecular flexibility index (Phi) is 12.7. The van der Waals surface area contributed by atoms with Gasteiger partial charge in [0.1, 0.15) is 5.82 Å². The lowest BCUT2D eigenvalue weighted by Gasteiger charge is -2.11. The minimum atomic E-state index is 0. The highest BCUT2D eigenvalue weighted by Gasteiger charge is 2.04. The van der Waals surface area contributed by atoms with Crippen molar-refractivity contribution >= 4 is 35.6 Å². The molecule has 0 atom stereocenters. The second kappa shape index (κ2) is 14.6. The molecule has 27 heavy (non-hydrogen) atoms. The Labute approximate surface area is 178 Å². The Morgan fingerprint density at radius 3 is 2.85 bits per heavy atom. The smallest absolute Gasteiger partial charge is 0.191 e. The lowest BCUT2D eigenvalue weighted by atomic mass is 10.3. The third kappa shape index (κ3) is 8.85. The van der Waals surface area contributed by atoms with Crippen LogP contribution in [0.3, 0.4) is 0 Å². The maximum absolute atomic E-state index is 5.45. The van der Waals surface area contributed by atoms with Crippen molar-refractivity contribution in [2.24, 2.45) is 4.99 Å². The van der Waals surface area contributed by atoms with E-state index in [1.807, 2.05) is 28.8 Å². The topological polar surface area (TPSA) is 85.1 Å². The molecule has 8 nitrogen and oxygen atoms in total. The van der Waals surface area contributed by atoms with E-state index in [2.05, 4.69) is 32.7 Å². The molecule has 0 saturated carbocycles. The fraction of sp³-hybridized carbons (Fsp3) is 0.611. The first-order chi connectivity index (χ1) is 12.8. The Hall–Kier alpha value is -1.46. The second-order valence-electron chi connectivity index (χ2n) is 5.79. The minimum absolute atomic E-state index is 0. The van der Waals surface area contributed by atoms with Gasteiger partial charge in [-0.15, -0.1) is 34.2 Å². The third-order valence-electron chi connectivity index (χ3n) is 3.75. The van der Waals surface area contributed by atoms with Crippen molar-refractivity contribution in [1.29, 1.82) is 0 Å². The molecule has 2 aromatic heterocycles. The summed E-state index contributed by atoms with van der Waals surface area (Å²) in [7, 11) is 1.68. The van der Waals surface area contributed by atoms with E-state index in [0.29, 0.717) is 13.2 Å². The number of nitrogens with zero attached hydrogens (tertiary/aromatic N) is 4. The number of hydrogen-bond acceptors (Lipinski definition) is 5. The summed E-state index contributed by atoms with van der Waals surface area (Å²) in [6, 6.07) is 5.92. The quantitative estimate of drug-likeness (QED) is 0.205. The first kappa shape index (κ1) is 23.6. The number of aryl methyl sites for hydroxylation is 1. The molecule has 2 aromatic rings. The molecule has 0 amide bonds. The van der Waals surface area contributed by atoms with Crippen molar-refractivity contribution in [2.75, 3.05) is 46.6 Å². The summed E-state index contributed by atoms with van der Waals surface area (Å²) in [5.74, 6) is 1.82. The number of rotatable bonds is 12. The van der Waals surface area contributed by atoms with Crippen LogP contribution in [-0.2, 0) is 15.9 Å². The molecule has 152 valence electrons. The first-order valence-electron chi connectivity index (χ1n) is 9.22. The minimum Gasteiger partial charge on any atom is -0.382 e. The fourth-order valence-corrected chi connectivity index (χ4v) is 2.46. The van der Waals surface area contributed by atoms with Crippen molar-refractivity contribution < 1.29 is 9.47 Å². The number of aromatic nitrogens is 3. The van der Waals surface area contributed by atoms with Gasteiger partial charge in [0, 0.05) is 46.0 Å². The van der Waals surface area contributed by atoms with Crippen LogP contribution in [0.15, 0.2) is 29.4 Å². The highest BCUT2D eigenvalue weighted by Crippen LogP contribution is 2.05. The van der Waals surface area contributed by atoms with E-state index in [9.17, 15) is 0 Å². The molecule has 0 unspecified atom stereocenters. The number of methoxy groups -OCH3 is 1. The molecule has 2 rings (SSSR count). The summed E-state index contributed by atoms with van der Waals surface area (Å²) in [6.07, 6.45) is 4.70. The monoisotopic (exact) mass is 490 g/mol. The summed E-state index contributed by atoms with van der Waals surface area (Å²) in [6.45, 7) is 6.46. The van der Waals surface area contributed by atoms with Crippen LogP contribution in [0.4, 0.5) is 0 Å². The molecule has 0 spiro atoms. The zero-order valence-corrected chi connectivity index (χ0v) is 18.5. The van der Waals surface area contributed by atoms with Gasteiger partial charge in [0.05, 0.1) is 13.2 Å². The van der Waals surface area contributed by atoms with Crippen molar-refractivity contribution in [3.63, 3.8) is 0 Å². The molecule has 0 aliphatic rings. The number of aliphatic imine (C=N–C) groups is 1. The van der Waals surface area contributed by atoms with Crippen molar-refractivity contribution in [3.05, 3.63) is 30.2 Å². The first-order valence-corrected chi connectivity index (χ1v) is 9.22. The van der Waals surface area contributed by atoms with Crippen LogP contribution in [0, 0.1) is 0 Å². The highest BCUT2D eigenvalue weighted by molar-refractivity contribution is 14.0. The SMILES string of the molecule is CCNC(=NCCCc1nnc2ccccn12)NCCCOCCOC.I. The van der Waals surface area contributed by atoms with Gasteiger partial charge in [-0.1, -0.05) is 6.07 Å². The van der Waals surface area contributed by atoms with Gasteiger partial charge in [0.2, 0.25) is 0 Å². The predicted octanol–water partition coefficient (Wildman–Crippen LogP) is 1.89. The predicted molar refractivity (Wildman–Crippen MR) is 118 cm³/mol. The van der Waals surface area contributed by atoms with Crippen LogP contribution in [-0.4, -0.2) is 67.1 Å². The average Bonchev–Trinajstić information content (AvgIpc) is 3.07. The number of guanidine groups is 1. The number of pyridine rings is 1. The van der Waals surface area contributed by atoms with Gasteiger partial charge < -0.3 is 20.1 Å². The zero-order chi connectivity index (χ0) is 18.5. The van der Waals surface area contributed by atoms with Crippen molar-refractivity contribution in [1.82, 2.24) is 25.2 Å². The maximum Gasteiger partial charge on any atom is 0.191 e. The van der Waals surface area contributed by atoms with Crippen LogP contribution in [0.1, 0.15) is 25.6 Å². The van der Waals surface area contributed by atoms with E-state index in [1.54, 1.807) is 7.11 Å². The maximum atomic E-state index is 5.45. The van der Waals surface area contributed by atoms with Crippen LogP contribution < -0.4 is 10.6 Å². The van der Waals surface area contributed by atoms with Gasteiger partial charge in [0.25, 0.3) is 0 Å². The standard InChI is InChI=1S/C18H30N6O2.HI/c1-3-19-18(21-11-7-13-26-15-14-25-2)20-10-6-9-17-23-22-16-8-4-5-12-24(16)17;/h4-5,8,12H,3,6-7,9-11,13-15H2,1-2H3,(H2,19,20,21);1H. The number of fused-ring (bicyclic) bond motifs is 1. The van der Waals surface area contributed by atoms with E-state index >= 15 is 0 Å².